The number of ether oxygens (including phenoxy) is 1. The maximum atomic E-state index is 11.8. The molecule has 1 aliphatic rings. The molecular formula is C10H12N2Na4O11P2. The van der Waals surface area contributed by atoms with Gasteiger partial charge in [0.2, 0.25) is 0 Å². The third kappa shape index (κ3) is 12.2. The van der Waals surface area contributed by atoms with Gasteiger partial charge >= 0.3 is 124 Å². The minimum absolute atomic E-state index is 0. The number of H-pyrrole nitrogens is 1. The van der Waals surface area contributed by atoms with E-state index in [0.717, 1.165) is 10.8 Å². The fraction of sp³-hybridized carbons (Fsp3) is 0.600. The molecule has 1 aromatic rings. The molecule has 1 saturated heterocycles. The standard InChI is InChI=1S/C10H16N2O11P2.4Na/c1-5-3-12(10(14)11-9(5)13)8-2-6(23-25(18,19)20)7(22-8)4-21-24(15,16)17;;;;/h3,6-8H,2,4H2,1H3,(H,11,13,14)(H2,15,16,17)(H2,18,19,20);;;;/q;4*+1/p-4. The summed E-state index contributed by atoms with van der Waals surface area (Å²) in [5, 5.41) is 0. The number of phosphoric acid groups is 2. The Labute approximate surface area is 253 Å². The summed E-state index contributed by atoms with van der Waals surface area (Å²) in [5.74, 6) is 0. The molecule has 29 heavy (non-hydrogen) atoms. The number of aryl methyl sites for hydroxylation is 1. The molecule has 3 unspecified atom stereocenters. The molecule has 3 atom stereocenters. The molecule has 0 radical (unpaired) electrons. The first kappa shape index (κ1) is 36.4. The van der Waals surface area contributed by atoms with Crippen LogP contribution in [-0.2, 0) is 22.9 Å². The van der Waals surface area contributed by atoms with Gasteiger partial charge in [-0.3, -0.25) is 14.3 Å². The Morgan fingerprint density at radius 1 is 1.14 bits per heavy atom. The summed E-state index contributed by atoms with van der Waals surface area (Å²) in [7, 11) is -10.9. The second kappa shape index (κ2) is 15.0. The van der Waals surface area contributed by atoms with Crippen molar-refractivity contribution in [3.05, 3.63) is 32.6 Å². The topological polar surface area (TPSA) is 209 Å². The summed E-state index contributed by atoms with van der Waals surface area (Å²) < 4.78 is 35.8. The fourth-order valence-corrected chi connectivity index (χ4v) is 3.15. The molecule has 13 nitrogen and oxygen atoms in total. The van der Waals surface area contributed by atoms with Crippen LogP contribution in [0.3, 0.4) is 0 Å². The first-order chi connectivity index (χ1) is 11.4. The molecule has 1 aromatic heterocycles. The van der Waals surface area contributed by atoms with Crippen molar-refractivity contribution in [2.45, 2.75) is 31.8 Å². The fourth-order valence-electron chi connectivity index (χ4n) is 2.26. The number of hydrogen-bond donors (Lipinski definition) is 1. The molecule has 0 aliphatic carbocycles. The zero-order valence-corrected chi connectivity index (χ0v) is 26.3. The van der Waals surface area contributed by atoms with Gasteiger partial charge in [-0.2, -0.15) is 0 Å². The SMILES string of the molecule is Cc1cn(C2CC(OP(=O)([O-])[O-])C(COP(=O)([O-])[O-])O2)c(=O)[nH]c1=O.[Na+].[Na+].[Na+].[Na+]. The molecule has 1 aliphatic heterocycles. The number of rotatable bonds is 6. The van der Waals surface area contributed by atoms with E-state index in [9.17, 15) is 38.3 Å². The molecule has 19 heteroatoms. The maximum Gasteiger partial charge on any atom is 1.00 e. The molecule has 1 N–H and O–H groups in total. The third-order valence-electron chi connectivity index (χ3n) is 3.30. The minimum atomic E-state index is -5.47. The van der Waals surface area contributed by atoms with Crippen LogP contribution in [0.25, 0.3) is 0 Å². The number of nitrogens with one attached hydrogen (secondary N) is 1. The van der Waals surface area contributed by atoms with E-state index < -0.39 is 51.9 Å². The number of hydrogen-bond acceptors (Lipinski definition) is 11. The van der Waals surface area contributed by atoms with E-state index in [1.165, 1.54) is 6.92 Å². The number of nitrogens with zero attached hydrogens (tertiary/aromatic N) is 1. The van der Waals surface area contributed by atoms with Crippen molar-refractivity contribution in [1.29, 1.82) is 0 Å². The normalized spacial score (nSPS) is 21.2. The summed E-state index contributed by atoms with van der Waals surface area (Å²) in [6.45, 7) is 0.482. The molecular weight excluding hydrogens is 478 g/mol. The van der Waals surface area contributed by atoms with E-state index in [1.807, 2.05) is 4.98 Å². The Hall–Kier alpha value is 2.86. The average Bonchev–Trinajstić information content (AvgIpc) is 2.80. The predicted octanol–water partition coefficient (Wildman–Crippen LogP) is -15.8. The van der Waals surface area contributed by atoms with Gasteiger partial charge in [0.25, 0.3) is 5.56 Å². The van der Waals surface area contributed by atoms with Gasteiger partial charge < -0.3 is 42.5 Å². The van der Waals surface area contributed by atoms with Gasteiger partial charge in [0.05, 0.1) is 28.4 Å². The molecule has 0 amide bonds. The first-order valence-corrected chi connectivity index (χ1v) is 9.62. The van der Waals surface area contributed by atoms with Crippen LogP contribution in [0.4, 0.5) is 0 Å². The smallest absolute Gasteiger partial charge is 0.790 e. The molecule has 0 saturated carbocycles. The van der Waals surface area contributed by atoms with E-state index in [4.69, 9.17) is 4.74 Å². The van der Waals surface area contributed by atoms with Gasteiger partial charge in [-0.15, -0.1) is 0 Å². The number of aromatic nitrogens is 2. The summed E-state index contributed by atoms with van der Waals surface area (Å²) in [5.41, 5.74) is -1.39. The quantitative estimate of drug-likeness (QED) is 0.292. The van der Waals surface area contributed by atoms with Crippen LogP contribution in [0.1, 0.15) is 18.2 Å². The maximum absolute atomic E-state index is 11.8. The predicted molar refractivity (Wildman–Crippen MR) is 70.6 cm³/mol. The number of phosphoric ester groups is 2. The molecule has 2 heterocycles. The molecule has 142 valence electrons. The first-order valence-electron chi connectivity index (χ1n) is 6.70. The Morgan fingerprint density at radius 3 is 2.17 bits per heavy atom. The summed E-state index contributed by atoms with van der Waals surface area (Å²) in [6.07, 6.45) is -3.33. The van der Waals surface area contributed by atoms with E-state index in [0.29, 0.717) is 0 Å². The monoisotopic (exact) mass is 490 g/mol. The summed E-state index contributed by atoms with van der Waals surface area (Å²) >= 11 is 0. The van der Waals surface area contributed by atoms with Gasteiger partial charge in [0, 0.05) is 18.2 Å². The van der Waals surface area contributed by atoms with E-state index in [2.05, 4.69) is 9.05 Å². The second-order valence-electron chi connectivity index (χ2n) is 5.18. The van der Waals surface area contributed by atoms with E-state index in [-0.39, 0.29) is 130 Å². The largest absolute Gasteiger partial charge is 1.00 e. The van der Waals surface area contributed by atoms with Crippen molar-refractivity contribution < 1.29 is 161 Å². The van der Waals surface area contributed by atoms with E-state index >= 15 is 0 Å². The molecule has 0 spiro atoms. The second-order valence-corrected chi connectivity index (χ2v) is 7.44. The molecule has 0 aromatic carbocycles. The Kier molecular flexibility index (Phi) is 18.8. The van der Waals surface area contributed by atoms with Crippen molar-refractivity contribution in [3.8, 4) is 0 Å². The third-order valence-corrected chi connectivity index (χ3v) is 4.29. The Balaban J connectivity index is -0.00000169. The van der Waals surface area contributed by atoms with Crippen LogP contribution < -0.4 is 149 Å². The van der Waals surface area contributed by atoms with Gasteiger partial charge in [0.15, 0.2) is 0 Å². The van der Waals surface area contributed by atoms with Crippen molar-refractivity contribution in [2.24, 2.45) is 0 Å². The van der Waals surface area contributed by atoms with Crippen molar-refractivity contribution in [1.82, 2.24) is 9.55 Å². The van der Waals surface area contributed by atoms with E-state index in [1.54, 1.807) is 0 Å². The zero-order valence-electron chi connectivity index (χ0n) is 16.6. The average molecular weight is 490 g/mol. The van der Waals surface area contributed by atoms with Crippen LogP contribution in [0, 0.1) is 6.92 Å². The van der Waals surface area contributed by atoms with Crippen LogP contribution >= 0.6 is 15.6 Å². The van der Waals surface area contributed by atoms with Crippen LogP contribution in [0.2, 0.25) is 0 Å². The summed E-state index contributed by atoms with van der Waals surface area (Å²) in [6, 6.07) is 0. The summed E-state index contributed by atoms with van der Waals surface area (Å²) in [4.78, 5) is 67.9. The van der Waals surface area contributed by atoms with Crippen LogP contribution in [0.5, 0.6) is 0 Å². The van der Waals surface area contributed by atoms with Crippen molar-refractivity contribution in [2.75, 3.05) is 6.61 Å². The van der Waals surface area contributed by atoms with Gasteiger partial charge in [-0.05, 0) is 6.92 Å². The van der Waals surface area contributed by atoms with Crippen molar-refractivity contribution >= 4 is 15.6 Å². The molecule has 2 rings (SSSR count). The van der Waals surface area contributed by atoms with Gasteiger partial charge in [-0.1, -0.05) is 0 Å². The minimum Gasteiger partial charge on any atom is -0.790 e. The zero-order chi connectivity index (χ0) is 19.0. The van der Waals surface area contributed by atoms with Crippen LogP contribution in [-0.4, -0.2) is 28.4 Å². The molecule has 1 fully saturated rings. The van der Waals surface area contributed by atoms with Crippen LogP contribution in [0.15, 0.2) is 15.8 Å². The Morgan fingerprint density at radius 2 is 1.69 bits per heavy atom. The number of aromatic amines is 1. The molecule has 0 bridgehead atoms. The van der Waals surface area contributed by atoms with Gasteiger partial charge in [-0.25, -0.2) is 4.79 Å². The Bertz CT molecular complexity index is 853. The van der Waals surface area contributed by atoms with Crippen molar-refractivity contribution in [3.63, 3.8) is 0 Å². The van der Waals surface area contributed by atoms with Gasteiger partial charge in [0.1, 0.15) is 12.3 Å².